The topological polar surface area (TPSA) is 71.2 Å². The van der Waals surface area contributed by atoms with Gasteiger partial charge in [0.05, 0.1) is 11.9 Å². The van der Waals surface area contributed by atoms with Gasteiger partial charge in [-0.1, -0.05) is 20.3 Å². The highest BCUT2D eigenvalue weighted by Crippen LogP contribution is 2.34. The number of anilines is 1. The first-order valence-corrected chi connectivity index (χ1v) is 6.80. The molecule has 0 unspecified atom stereocenters. The van der Waals surface area contributed by atoms with Gasteiger partial charge in [-0.15, -0.1) is 0 Å². The molecule has 104 valence electrons. The van der Waals surface area contributed by atoms with E-state index in [4.69, 9.17) is 5.84 Å². The molecule has 1 amide bonds. The zero-order valence-corrected chi connectivity index (χ0v) is 11.6. The minimum absolute atomic E-state index is 0.0155. The standard InChI is InChI=1S/C14H22N4O/c1-3-14(2)6-8-18(9-7-14)13(19)12-5-4-11(17-15)10-16-12/h4-5,10,17H,3,6-9,15H2,1-2H3. The molecular formula is C14H22N4O. The fourth-order valence-corrected chi connectivity index (χ4v) is 2.37. The number of amides is 1. The van der Waals surface area contributed by atoms with Crippen LogP contribution in [-0.4, -0.2) is 28.9 Å². The van der Waals surface area contributed by atoms with Gasteiger partial charge in [-0.3, -0.25) is 10.6 Å². The molecule has 0 spiro atoms. The highest BCUT2D eigenvalue weighted by atomic mass is 16.2. The van der Waals surface area contributed by atoms with Crippen molar-refractivity contribution in [3.05, 3.63) is 24.0 Å². The molecular weight excluding hydrogens is 240 g/mol. The van der Waals surface area contributed by atoms with E-state index in [-0.39, 0.29) is 5.91 Å². The number of hydrogen-bond acceptors (Lipinski definition) is 4. The Labute approximate surface area is 114 Å². The highest BCUT2D eigenvalue weighted by molar-refractivity contribution is 5.92. The van der Waals surface area contributed by atoms with Gasteiger partial charge >= 0.3 is 0 Å². The maximum atomic E-state index is 12.3. The lowest BCUT2D eigenvalue weighted by atomic mass is 9.78. The van der Waals surface area contributed by atoms with E-state index >= 15 is 0 Å². The second-order valence-corrected chi connectivity index (χ2v) is 5.53. The van der Waals surface area contributed by atoms with E-state index in [0.717, 1.165) is 25.9 Å². The second-order valence-electron chi connectivity index (χ2n) is 5.53. The van der Waals surface area contributed by atoms with E-state index in [9.17, 15) is 4.79 Å². The fourth-order valence-electron chi connectivity index (χ4n) is 2.37. The van der Waals surface area contributed by atoms with Gasteiger partial charge in [-0.05, 0) is 30.4 Å². The van der Waals surface area contributed by atoms with E-state index in [1.54, 1.807) is 18.3 Å². The Morgan fingerprint density at radius 1 is 1.47 bits per heavy atom. The molecule has 0 saturated carbocycles. The summed E-state index contributed by atoms with van der Waals surface area (Å²) in [7, 11) is 0. The first kappa shape index (κ1) is 13.8. The predicted octanol–water partition coefficient (Wildman–Crippen LogP) is 2.02. The van der Waals surface area contributed by atoms with E-state index in [0.29, 0.717) is 16.8 Å². The minimum atomic E-state index is 0.0155. The average Bonchev–Trinajstić information content (AvgIpc) is 2.47. The molecule has 2 rings (SSSR count). The van der Waals surface area contributed by atoms with Crippen LogP contribution in [-0.2, 0) is 0 Å². The van der Waals surface area contributed by atoms with Crippen LogP contribution in [0.4, 0.5) is 5.69 Å². The summed E-state index contributed by atoms with van der Waals surface area (Å²) in [6.07, 6.45) is 4.88. The predicted molar refractivity (Wildman–Crippen MR) is 75.6 cm³/mol. The van der Waals surface area contributed by atoms with Crippen LogP contribution in [0.1, 0.15) is 43.6 Å². The molecule has 1 fully saturated rings. The van der Waals surface area contributed by atoms with Crippen molar-refractivity contribution in [2.45, 2.75) is 33.1 Å². The van der Waals surface area contributed by atoms with Gasteiger partial charge in [0.1, 0.15) is 5.69 Å². The van der Waals surface area contributed by atoms with Crippen LogP contribution in [0.25, 0.3) is 0 Å². The maximum absolute atomic E-state index is 12.3. The summed E-state index contributed by atoms with van der Waals surface area (Å²) in [5, 5.41) is 0. The lowest BCUT2D eigenvalue weighted by molar-refractivity contribution is 0.0594. The molecule has 1 aliphatic rings. The van der Waals surface area contributed by atoms with Crippen molar-refractivity contribution in [3.63, 3.8) is 0 Å². The van der Waals surface area contributed by atoms with E-state index in [1.807, 2.05) is 4.90 Å². The van der Waals surface area contributed by atoms with E-state index in [1.165, 1.54) is 6.42 Å². The fraction of sp³-hybridized carbons (Fsp3) is 0.571. The highest BCUT2D eigenvalue weighted by Gasteiger charge is 2.30. The number of pyridine rings is 1. The van der Waals surface area contributed by atoms with Gasteiger partial charge in [0.15, 0.2) is 0 Å². The first-order chi connectivity index (χ1) is 9.08. The van der Waals surface area contributed by atoms with Crippen molar-refractivity contribution < 1.29 is 4.79 Å². The number of carbonyl (C=O) groups is 1. The summed E-state index contributed by atoms with van der Waals surface area (Å²) in [6.45, 7) is 6.16. The first-order valence-electron chi connectivity index (χ1n) is 6.80. The maximum Gasteiger partial charge on any atom is 0.272 e. The largest absolute Gasteiger partial charge is 0.337 e. The van der Waals surface area contributed by atoms with Crippen LogP contribution in [0.15, 0.2) is 18.3 Å². The number of likely N-dealkylation sites (tertiary alicyclic amines) is 1. The average molecular weight is 262 g/mol. The minimum Gasteiger partial charge on any atom is -0.337 e. The zero-order chi connectivity index (χ0) is 13.9. The number of nitrogens with zero attached hydrogens (tertiary/aromatic N) is 2. The number of nitrogens with two attached hydrogens (primary N) is 1. The van der Waals surface area contributed by atoms with Crippen molar-refractivity contribution in [1.29, 1.82) is 0 Å². The molecule has 1 aliphatic heterocycles. The van der Waals surface area contributed by atoms with Crippen molar-refractivity contribution in [2.75, 3.05) is 18.5 Å². The molecule has 1 aromatic rings. The third-order valence-electron chi connectivity index (χ3n) is 4.26. The molecule has 0 bridgehead atoms. The smallest absolute Gasteiger partial charge is 0.272 e. The molecule has 0 radical (unpaired) electrons. The van der Waals surface area contributed by atoms with Crippen molar-refractivity contribution >= 4 is 11.6 Å². The molecule has 19 heavy (non-hydrogen) atoms. The molecule has 0 aliphatic carbocycles. The molecule has 3 N–H and O–H groups in total. The zero-order valence-electron chi connectivity index (χ0n) is 11.6. The Hall–Kier alpha value is -1.62. The number of rotatable bonds is 3. The number of carbonyl (C=O) groups excluding carboxylic acids is 1. The number of hydrogen-bond donors (Lipinski definition) is 2. The SMILES string of the molecule is CCC1(C)CCN(C(=O)c2ccc(NN)cn2)CC1. The van der Waals surface area contributed by atoms with Gasteiger partial charge in [0, 0.05) is 13.1 Å². The van der Waals surface area contributed by atoms with Crippen LogP contribution in [0.3, 0.4) is 0 Å². The van der Waals surface area contributed by atoms with Gasteiger partial charge in [-0.2, -0.15) is 0 Å². The van der Waals surface area contributed by atoms with E-state index < -0.39 is 0 Å². The van der Waals surface area contributed by atoms with Gasteiger partial charge in [0.2, 0.25) is 0 Å². The van der Waals surface area contributed by atoms with Gasteiger partial charge in [0.25, 0.3) is 5.91 Å². The van der Waals surface area contributed by atoms with Crippen molar-refractivity contribution in [2.24, 2.45) is 11.3 Å². The third kappa shape index (κ3) is 3.04. The molecule has 5 nitrogen and oxygen atoms in total. The summed E-state index contributed by atoms with van der Waals surface area (Å²) in [5.41, 5.74) is 4.08. The van der Waals surface area contributed by atoms with Crippen LogP contribution >= 0.6 is 0 Å². The number of piperidine rings is 1. The lowest BCUT2D eigenvalue weighted by Crippen LogP contribution is -2.42. The third-order valence-corrected chi connectivity index (χ3v) is 4.26. The van der Waals surface area contributed by atoms with E-state index in [2.05, 4.69) is 24.3 Å². The summed E-state index contributed by atoms with van der Waals surface area (Å²) in [6, 6.07) is 3.48. The molecule has 1 saturated heterocycles. The normalized spacial score (nSPS) is 18.2. The lowest BCUT2D eigenvalue weighted by Gasteiger charge is -2.38. The molecule has 0 atom stereocenters. The molecule has 1 aromatic heterocycles. The molecule has 5 heteroatoms. The quantitative estimate of drug-likeness (QED) is 0.646. The number of hydrazine groups is 1. The van der Waals surface area contributed by atoms with Crippen molar-refractivity contribution in [3.8, 4) is 0 Å². The Morgan fingerprint density at radius 2 is 2.16 bits per heavy atom. The summed E-state index contributed by atoms with van der Waals surface area (Å²) in [5.74, 6) is 5.29. The van der Waals surface area contributed by atoms with Crippen LogP contribution in [0.2, 0.25) is 0 Å². The van der Waals surface area contributed by atoms with Crippen LogP contribution in [0.5, 0.6) is 0 Å². The summed E-state index contributed by atoms with van der Waals surface area (Å²) < 4.78 is 0. The molecule has 0 aromatic carbocycles. The summed E-state index contributed by atoms with van der Waals surface area (Å²) in [4.78, 5) is 18.4. The monoisotopic (exact) mass is 262 g/mol. The summed E-state index contributed by atoms with van der Waals surface area (Å²) >= 11 is 0. The number of nitrogens with one attached hydrogen (secondary N) is 1. The van der Waals surface area contributed by atoms with Crippen molar-refractivity contribution in [1.82, 2.24) is 9.88 Å². The Morgan fingerprint density at radius 3 is 2.63 bits per heavy atom. The number of aromatic nitrogens is 1. The van der Waals surface area contributed by atoms with Crippen LogP contribution < -0.4 is 11.3 Å². The van der Waals surface area contributed by atoms with Gasteiger partial charge in [-0.25, -0.2) is 4.98 Å². The number of nitrogen functional groups attached to an aromatic ring is 1. The van der Waals surface area contributed by atoms with Gasteiger partial charge < -0.3 is 10.3 Å². The second kappa shape index (κ2) is 5.57. The van der Waals surface area contributed by atoms with Crippen LogP contribution in [0, 0.1) is 5.41 Å². The Bertz CT molecular complexity index is 435. The Kier molecular flexibility index (Phi) is 4.04. The Balaban J connectivity index is 2.00. The molecule has 2 heterocycles.